The number of β-amino-alcohol motifs (C(OH)–C–C–N with tert-alkyl or cyclic N) is 1. The number of aliphatic hydroxyl groups is 2. The average Bonchev–Trinajstić information content (AvgIpc) is 3.38. The van der Waals surface area contributed by atoms with Gasteiger partial charge in [0.1, 0.15) is 6.04 Å². The first kappa shape index (κ1) is 24.8. The molecule has 1 aliphatic heterocycles. The second-order valence-electron chi connectivity index (χ2n) is 12.0. The number of hydrogen-bond donors (Lipinski definition) is 2. The van der Waals surface area contributed by atoms with Crippen molar-refractivity contribution in [3.63, 3.8) is 0 Å². The molecule has 8 atom stereocenters. The second-order valence-corrected chi connectivity index (χ2v) is 12.0. The fourth-order valence-electron chi connectivity index (χ4n) is 8.32. The van der Waals surface area contributed by atoms with Gasteiger partial charge in [-0.05, 0) is 86.0 Å². The van der Waals surface area contributed by atoms with E-state index in [2.05, 4.69) is 25.1 Å². The lowest BCUT2D eigenvalue weighted by molar-refractivity contribution is -0.152. The summed E-state index contributed by atoms with van der Waals surface area (Å²) in [7, 11) is 1.28. The maximum Gasteiger partial charge on any atom is 0.328 e. The number of fused-ring (bicyclic) bond motifs is 5. The van der Waals surface area contributed by atoms with E-state index in [4.69, 9.17) is 9.57 Å². The van der Waals surface area contributed by atoms with E-state index in [1.54, 1.807) is 0 Å². The van der Waals surface area contributed by atoms with Crippen molar-refractivity contribution < 1.29 is 29.4 Å². The monoisotopic (exact) mass is 488 g/mol. The Kier molecular flexibility index (Phi) is 6.49. The molecule has 0 aromatic heterocycles. The molecule has 2 N–H and O–H groups in total. The van der Waals surface area contributed by atoms with Crippen LogP contribution in [-0.4, -0.2) is 71.2 Å². The third-order valence-corrected chi connectivity index (χ3v) is 10.4. The summed E-state index contributed by atoms with van der Waals surface area (Å²) in [5, 5.41) is 24.8. The van der Waals surface area contributed by atoms with E-state index in [9.17, 15) is 19.8 Å². The Hall–Kier alpha value is -1.93. The SMILES string of the molecule is COC(=O)[C@H]1C[C@@H](O)CN1C(=O)CO/N=C1/C=C2CC[C@H]3[C@@H]4CC[C@H](O)[C@@]4(C)CC[C@@H]3[C@@]2(C)CC1. The Bertz CT molecular complexity index is 933. The molecule has 0 spiro atoms. The van der Waals surface area contributed by atoms with Crippen molar-refractivity contribution >= 4 is 17.6 Å². The standard InChI is InChI=1S/C27H40N2O6/c1-26-10-8-17(28-35-15-24(32)29-14-18(30)13-22(29)25(33)34-3)12-16(26)4-5-19-20-6-7-23(31)27(20,2)11-9-21(19)26/h12,18-23,30-31H,4-11,13-15H2,1-3H3/b28-17+/t18-,19+,20+,21+,22-,23+,26+,27+/m1/s1. The molecule has 1 heterocycles. The number of aliphatic hydroxyl groups excluding tert-OH is 2. The van der Waals surface area contributed by atoms with Crippen LogP contribution in [0.3, 0.4) is 0 Å². The minimum atomic E-state index is -0.773. The zero-order valence-electron chi connectivity index (χ0n) is 21.2. The number of carbonyl (C=O) groups excluding carboxylic acids is 2. The highest BCUT2D eigenvalue weighted by Crippen LogP contribution is 2.65. The Morgan fingerprint density at radius 3 is 2.69 bits per heavy atom. The molecule has 4 aliphatic carbocycles. The lowest BCUT2D eigenvalue weighted by atomic mass is 9.47. The van der Waals surface area contributed by atoms with Crippen molar-refractivity contribution in [2.75, 3.05) is 20.3 Å². The van der Waals surface area contributed by atoms with Crippen LogP contribution in [0.1, 0.15) is 71.6 Å². The van der Waals surface area contributed by atoms with Crippen LogP contribution in [0.2, 0.25) is 0 Å². The molecule has 0 unspecified atom stereocenters. The van der Waals surface area contributed by atoms with Crippen LogP contribution in [-0.2, 0) is 19.2 Å². The summed E-state index contributed by atoms with van der Waals surface area (Å²) in [6.07, 6.45) is 9.99. The third kappa shape index (κ3) is 4.10. The van der Waals surface area contributed by atoms with Gasteiger partial charge in [0.25, 0.3) is 5.91 Å². The summed E-state index contributed by atoms with van der Waals surface area (Å²) >= 11 is 0. The van der Waals surface area contributed by atoms with E-state index < -0.39 is 18.1 Å². The van der Waals surface area contributed by atoms with E-state index >= 15 is 0 Å². The highest BCUT2D eigenvalue weighted by Gasteiger charge is 2.58. The Morgan fingerprint density at radius 2 is 1.91 bits per heavy atom. The first-order chi connectivity index (χ1) is 16.7. The molecular formula is C27H40N2O6. The van der Waals surface area contributed by atoms with Crippen LogP contribution in [0.4, 0.5) is 0 Å². The zero-order valence-corrected chi connectivity index (χ0v) is 21.2. The summed E-state index contributed by atoms with van der Waals surface area (Å²) in [6.45, 7) is 4.58. The summed E-state index contributed by atoms with van der Waals surface area (Å²) < 4.78 is 4.76. The number of hydrogen-bond acceptors (Lipinski definition) is 7. The van der Waals surface area contributed by atoms with Gasteiger partial charge in [-0.2, -0.15) is 0 Å². The smallest absolute Gasteiger partial charge is 0.328 e. The first-order valence-corrected chi connectivity index (χ1v) is 13.3. The van der Waals surface area contributed by atoms with Crippen molar-refractivity contribution in [1.29, 1.82) is 0 Å². The molecular weight excluding hydrogens is 448 g/mol. The second kappa shape index (κ2) is 9.18. The number of carbonyl (C=O) groups is 2. The Labute approximate surface area is 207 Å². The summed E-state index contributed by atoms with van der Waals surface area (Å²) in [6, 6.07) is -0.773. The number of ether oxygens (including phenoxy) is 1. The molecule has 35 heavy (non-hydrogen) atoms. The number of methoxy groups -OCH3 is 1. The van der Waals surface area contributed by atoms with Gasteiger partial charge in [-0.1, -0.05) is 24.6 Å². The van der Waals surface area contributed by atoms with Crippen molar-refractivity contribution in [2.24, 2.45) is 33.7 Å². The van der Waals surface area contributed by atoms with E-state index in [0.717, 1.165) is 44.2 Å². The number of rotatable bonds is 4. The van der Waals surface area contributed by atoms with Crippen LogP contribution in [0.15, 0.2) is 16.8 Å². The van der Waals surface area contributed by atoms with E-state index in [1.165, 1.54) is 30.4 Å². The summed E-state index contributed by atoms with van der Waals surface area (Å²) in [5.41, 5.74) is 2.59. The summed E-state index contributed by atoms with van der Waals surface area (Å²) in [4.78, 5) is 31.3. The molecule has 3 saturated carbocycles. The van der Waals surface area contributed by atoms with Gasteiger partial charge in [0, 0.05) is 13.0 Å². The number of esters is 1. The highest BCUT2D eigenvalue weighted by molar-refractivity contribution is 5.96. The van der Waals surface area contributed by atoms with Gasteiger partial charge in [0.2, 0.25) is 0 Å². The zero-order chi connectivity index (χ0) is 25.0. The topological polar surface area (TPSA) is 109 Å². The molecule has 1 amide bonds. The van der Waals surface area contributed by atoms with Gasteiger partial charge in [0.05, 0.1) is 25.0 Å². The normalized spacial score (nSPS) is 43.7. The highest BCUT2D eigenvalue weighted by atomic mass is 16.6. The molecule has 5 rings (SSSR count). The van der Waals surface area contributed by atoms with Crippen molar-refractivity contribution in [3.05, 3.63) is 11.6 Å². The van der Waals surface area contributed by atoms with E-state index in [-0.39, 0.29) is 42.4 Å². The van der Waals surface area contributed by atoms with Crippen LogP contribution < -0.4 is 0 Å². The molecule has 0 aromatic rings. The number of likely N-dealkylation sites (tertiary alicyclic amines) is 1. The quantitative estimate of drug-likeness (QED) is 0.465. The average molecular weight is 489 g/mol. The van der Waals surface area contributed by atoms with E-state index in [1.807, 2.05) is 0 Å². The third-order valence-electron chi connectivity index (χ3n) is 10.4. The van der Waals surface area contributed by atoms with Crippen molar-refractivity contribution in [2.45, 2.75) is 89.9 Å². The van der Waals surface area contributed by atoms with Gasteiger partial charge >= 0.3 is 5.97 Å². The lowest BCUT2D eigenvalue weighted by Gasteiger charge is -2.57. The molecule has 194 valence electrons. The van der Waals surface area contributed by atoms with Crippen molar-refractivity contribution in [1.82, 2.24) is 4.90 Å². The maximum atomic E-state index is 12.6. The number of amides is 1. The fourth-order valence-corrected chi connectivity index (χ4v) is 8.32. The van der Waals surface area contributed by atoms with Gasteiger partial charge < -0.3 is 24.7 Å². The fraction of sp³-hybridized carbons (Fsp3) is 0.815. The predicted octanol–water partition coefficient (Wildman–Crippen LogP) is 2.82. The minimum absolute atomic E-state index is 0.0959. The maximum absolute atomic E-state index is 12.6. The molecule has 0 aromatic carbocycles. The number of nitrogens with zero attached hydrogens (tertiary/aromatic N) is 2. The number of oxime groups is 1. The van der Waals surface area contributed by atoms with Crippen LogP contribution in [0, 0.1) is 28.6 Å². The van der Waals surface area contributed by atoms with E-state index in [0.29, 0.717) is 17.8 Å². The molecule has 5 aliphatic rings. The molecule has 8 heteroatoms. The molecule has 0 radical (unpaired) electrons. The van der Waals surface area contributed by atoms with Gasteiger partial charge in [-0.3, -0.25) is 4.79 Å². The first-order valence-electron chi connectivity index (χ1n) is 13.3. The van der Waals surface area contributed by atoms with Crippen LogP contribution in [0.5, 0.6) is 0 Å². The van der Waals surface area contributed by atoms with Crippen molar-refractivity contribution in [3.8, 4) is 0 Å². The Morgan fingerprint density at radius 1 is 1.11 bits per heavy atom. The predicted molar refractivity (Wildman–Crippen MR) is 129 cm³/mol. The molecule has 0 bridgehead atoms. The van der Waals surface area contributed by atoms with Gasteiger partial charge in [-0.15, -0.1) is 0 Å². The van der Waals surface area contributed by atoms with Gasteiger partial charge in [-0.25, -0.2) is 4.79 Å². The molecule has 8 nitrogen and oxygen atoms in total. The largest absolute Gasteiger partial charge is 0.467 e. The van der Waals surface area contributed by atoms with Crippen LogP contribution in [0.25, 0.3) is 0 Å². The van der Waals surface area contributed by atoms with Crippen LogP contribution >= 0.6 is 0 Å². The lowest BCUT2D eigenvalue weighted by Crippen LogP contribution is -2.51. The Balaban J connectivity index is 1.23. The molecule has 4 fully saturated rings. The molecule has 1 saturated heterocycles. The summed E-state index contributed by atoms with van der Waals surface area (Å²) in [5.74, 6) is 1.09. The van der Waals surface area contributed by atoms with Gasteiger partial charge in [0.15, 0.2) is 6.61 Å². The number of allylic oxidation sites excluding steroid dienone is 2. The minimum Gasteiger partial charge on any atom is -0.467 e.